The molecule has 2 aromatic heterocycles. The van der Waals surface area contributed by atoms with E-state index >= 15 is 0 Å². The number of hydrogen-bond acceptors (Lipinski definition) is 6. The van der Waals surface area contributed by atoms with Crippen LogP contribution < -0.4 is 9.47 Å². The van der Waals surface area contributed by atoms with Crippen molar-refractivity contribution in [1.29, 1.82) is 0 Å². The molecule has 0 saturated heterocycles. The summed E-state index contributed by atoms with van der Waals surface area (Å²) in [6.07, 6.45) is 9.93. The molecule has 138 valence electrons. The summed E-state index contributed by atoms with van der Waals surface area (Å²) in [5.74, 6) is 1.48. The second-order valence-corrected chi connectivity index (χ2v) is 6.97. The first-order valence-electron chi connectivity index (χ1n) is 8.40. The molecule has 0 bridgehead atoms. The Kier molecular flexibility index (Phi) is 5.98. The summed E-state index contributed by atoms with van der Waals surface area (Å²) in [7, 11) is 3.24. The van der Waals surface area contributed by atoms with Crippen LogP contribution in [-0.4, -0.2) is 30.0 Å². The second kappa shape index (κ2) is 8.60. The Morgan fingerprint density at radius 1 is 1.11 bits per heavy atom. The summed E-state index contributed by atoms with van der Waals surface area (Å²) < 4.78 is 11.7. The van der Waals surface area contributed by atoms with Crippen molar-refractivity contribution >= 4 is 39.5 Å². The van der Waals surface area contributed by atoms with Crippen LogP contribution in [0.5, 0.6) is 11.5 Å². The van der Waals surface area contributed by atoms with Gasteiger partial charge in [-0.2, -0.15) is 0 Å². The Morgan fingerprint density at radius 2 is 1.85 bits per heavy atom. The van der Waals surface area contributed by atoms with Gasteiger partial charge in [-0.05, 0) is 24.6 Å². The number of thiazole rings is 1. The van der Waals surface area contributed by atoms with E-state index in [2.05, 4.69) is 9.97 Å². The van der Waals surface area contributed by atoms with Gasteiger partial charge in [-0.1, -0.05) is 24.3 Å². The molecule has 0 saturated carbocycles. The minimum Gasteiger partial charge on any atom is -0.493 e. The largest absolute Gasteiger partial charge is 0.493 e. The maximum Gasteiger partial charge on any atom is 0.162 e. The maximum absolute atomic E-state index is 11.1. The molecule has 3 aromatic rings. The second-order valence-electron chi connectivity index (χ2n) is 5.91. The van der Waals surface area contributed by atoms with Crippen LogP contribution in [0.25, 0.3) is 22.4 Å². The number of Topliss-reactive ketones (excluding diaryl/α,β-unsaturated/α-hetero) is 1. The number of hydrogen-bond donors (Lipinski definition) is 0. The first kappa shape index (κ1) is 18.8. The Bertz CT molecular complexity index is 963. The van der Waals surface area contributed by atoms with Gasteiger partial charge < -0.3 is 9.47 Å². The summed E-state index contributed by atoms with van der Waals surface area (Å²) in [4.78, 5) is 20.0. The summed E-state index contributed by atoms with van der Waals surface area (Å²) in [5.41, 5.74) is 2.65. The van der Waals surface area contributed by atoms with Crippen LogP contribution in [0.3, 0.4) is 0 Å². The lowest BCUT2D eigenvalue weighted by molar-refractivity contribution is -0.116. The smallest absolute Gasteiger partial charge is 0.162 e. The highest BCUT2D eigenvalue weighted by Crippen LogP contribution is 2.34. The molecule has 0 N–H and O–H groups in total. The number of rotatable bonds is 7. The van der Waals surface area contributed by atoms with Crippen molar-refractivity contribution in [1.82, 2.24) is 9.97 Å². The molecular formula is C21H20N2O3S. The number of benzene rings is 1. The van der Waals surface area contributed by atoms with Gasteiger partial charge in [-0.15, -0.1) is 11.3 Å². The third-order valence-electron chi connectivity index (χ3n) is 3.83. The number of fused-ring (bicyclic) bond motifs is 1. The van der Waals surface area contributed by atoms with Gasteiger partial charge >= 0.3 is 0 Å². The normalized spacial score (nSPS) is 11.5. The Morgan fingerprint density at radius 3 is 2.52 bits per heavy atom. The molecule has 0 atom stereocenters. The van der Waals surface area contributed by atoms with E-state index in [0.717, 1.165) is 26.5 Å². The highest BCUT2D eigenvalue weighted by Gasteiger charge is 2.09. The van der Waals surface area contributed by atoms with Gasteiger partial charge in [0.05, 0.1) is 24.4 Å². The molecule has 6 heteroatoms. The van der Waals surface area contributed by atoms with Crippen molar-refractivity contribution in [3.8, 4) is 11.5 Å². The number of ketones is 1. The molecule has 0 radical (unpaired) electrons. The molecule has 5 nitrogen and oxygen atoms in total. The van der Waals surface area contributed by atoms with Gasteiger partial charge in [0, 0.05) is 30.4 Å². The summed E-state index contributed by atoms with van der Waals surface area (Å²) in [6, 6.07) is 7.64. The predicted octanol–water partition coefficient (Wildman–Crippen LogP) is 4.57. The van der Waals surface area contributed by atoms with E-state index in [4.69, 9.17) is 9.47 Å². The number of allylic oxidation sites excluding steroid dienone is 2. The lowest BCUT2D eigenvalue weighted by Gasteiger charge is -2.05. The number of methoxy groups -OCH3 is 2. The molecule has 0 aliphatic carbocycles. The van der Waals surface area contributed by atoms with E-state index in [1.807, 2.05) is 48.6 Å². The SMILES string of the molecule is COc1cc2nc(/C=C/C=C/c3ccc(CC(C)=O)nc3)sc2cc1OC. The Balaban J connectivity index is 1.70. The molecular weight excluding hydrogens is 360 g/mol. The number of ether oxygens (including phenoxy) is 2. The topological polar surface area (TPSA) is 61.3 Å². The van der Waals surface area contributed by atoms with Crippen molar-refractivity contribution in [2.24, 2.45) is 0 Å². The van der Waals surface area contributed by atoms with Crippen molar-refractivity contribution in [2.75, 3.05) is 14.2 Å². The van der Waals surface area contributed by atoms with Crippen LogP contribution in [-0.2, 0) is 11.2 Å². The maximum atomic E-state index is 11.1. The van der Waals surface area contributed by atoms with Gasteiger partial charge in [0.2, 0.25) is 0 Å². The highest BCUT2D eigenvalue weighted by molar-refractivity contribution is 7.19. The number of carbonyl (C=O) groups excluding carboxylic acids is 1. The lowest BCUT2D eigenvalue weighted by atomic mass is 10.2. The number of pyridine rings is 1. The van der Waals surface area contributed by atoms with Crippen LogP contribution in [0.2, 0.25) is 0 Å². The first-order valence-corrected chi connectivity index (χ1v) is 9.22. The Labute approximate surface area is 162 Å². The molecule has 27 heavy (non-hydrogen) atoms. The average Bonchev–Trinajstić information content (AvgIpc) is 3.06. The molecule has 0 aliphatic heterocycles. The summed E-state index contributed by atoms with van der Waals surface area (Å²) in [5, 5.41) is 0.903. The standard InChI is InChI=1S/C21H20N2O3S/c1-14(24)10-16-9-8-15(13-22-16)6-4-5-7-21-23-17-11-18(25-2)19(26-3)12-20(17)27-21/h4-9,11-13H,10H2,1-3H3/b6-4+,7-5+. The molecule has 0 aliphatic rings. The molecule has 3 rings (SSSR count). The lowest BCUT2D eigenvalue weighted by Crippen LogP contribution is -1.98. The monoisotopic (exact) mass is 380 g/mol. The van der Waals surface area contributed by atoms with Crippen molar-refractivity contribution in [2.45, 2.75) is 13.3 Å². The van der Waals surface area contributed by atoms with Crippen LogP contribution >= 0.6 is 11.3 Å². The van der Waals surface area contributed by atoms with E-state index in [-0.39, 0.29) is 5.78 Å². The summed E-state index contributed by atoms with van der Waals surface area (Å²) in [6.45, 7) is 1.56. The number of nitrogens with zero attached hydrogens (tertiary/aromatic N) is 2. The minimum atomic E-state index is 0.111. The van der Waals surface area contributed by atoms with Crippen molar-refractivity contribution in [3.63, 3.8) is 0 Å². The third-order valence-corrected chi connectivity index (χ3v) is 4.81. The molecule has 2 heterocycles. The predicted molar refractivity (Wildman–Crippen MR) is 109 cm³/mol. The van der Waals surface area contributed by atoms with Gasteiger partial charge in [0.1, 0.15) is 10.8 Å². The molecule has 0 unspecified atom stereocenters. The zero-order valence-electron chi connectivity index (χ0n) is 15.4. The van der Waals surface area contributed by atoms with Crippen molar-refractivity contribution in [3.05, 3.63) is 58.9 Å². The third kappa shape index (κ3) is 4.80. The highest BCUT2D eigenvalue weighted by atomic mass is 32.1. The molecule has 0 amide bonds. The zero-order chi connectivity index (χ0) is 19.2. The van der Waals surface area contributed by atoms with E-state index in [9.17, 15) is 4.79 Å². The number of aromatic nitrogens is 2. The van der Waals surface area contributed by atoms with Crippen LogP contribution in [0, 0.1) is 0 Å². The fourth-order valence-electron chi connectivity index (χ4n) is 2.54. The van der Waals surface area contributed by atoms with E-state index < -0.39 is 0 Å². The van der Waals surface area contributed by atoms with Crippen molar-refractivity contribution < 1.29 is 14.3 Å². The fraction of sp³-hybridized carbons (Fsp3) is 0.190. The number of carbonyl (C=O) groups is 1. The Hall–Kier alpha value is -2.99. The molecule has 0 spiro atoms. The fourth-order valence-corrected chi connectivity index (χ4v) is 3.43. The van der Waals surface area contributed by atoms with Crippen LogP contribution in [0.4, 0.5) is 0 Å². The van der Waals surface area contributed by atoms with Gasteiger partial charge in [-0.25, -0.2) is 4.98 Å². The average molecular weight is 380 g/mol. The van der Waals surface area contributed by atoms with E-state index in [1.54, 1.807) is 38.7 Å². The van der Waals surface area contributed by atoms with Gasteiger partial charge in [0.15, 0.2) is 11.5 Å². The van der Waals surface area contributed by atoms with E-state index in [0.29, 0.717) is 17.9 Å². The zero-order valence-corrected chi connectivity index (χ0v) is 16.2. The molecule has 1 aromatic carbocycles. The van der Waals surface area contributed by atoms with Crippen LogP contribution in [0.1, 0.15) is 23.2 Å². The van der Waals surface area contributed by atoms with E-state index in [1.165, 1.54) is 0 Å². The quantitative estimate of drug-likeness (QED) is 0.562. The molecule has 0 fully saturated rings. The minimum absolute atomic E-state index is 0.111. The summed E-state index contributed by atoms with van der Waals surface area (Å²) >= 11 is 1.59. The van der Waals surface area contributed by atoms with Gasteiger partial charge in [-0.3, -0.25) is 9.78 Å². The first-order chi connectivity index (χ1) is 13.1. The van der Waals surface area contributed by atoms with Crippen LogP contribution in [0.15, 0.2) is 42.6 Å². The van der Waals surface area contributed by atoms with Gasteiger partial charge in [0.25, 0.3) is 0 Å².